The maximum Gasteiger partial charge on any atom is 0.246 e. The predicted molar refractivity (Wildman–Crippen MR) is 169 cm³/mol. The molecule has 236 valence electrons. The number of nitrogens with one attached hydrogen (secondary N) is 4. The molecule has 2 aliphatic carbocycles. The van der Waals surface area contributed by atoms with E-state index in [4.69, 9.17) is 0 Å². The largest absolute Gasteiger partial charge is 0.351 e. The maximum absolute atomic E-state index is 14.4. The highest BCUT2D eigenvalue weighted by Gasteiger charge is 2.45. The van der Waals surface area contributed by atoms with Crippen molar-refractivity contribution in [2.24, 2.45) is 5.92 Å². The number of benzene rings is 2. The van der Waals surface area contributed by atoms with Gasteiger partial charge < -0.3 is 26.2 Å². The molecule has 5 rings (SSSR count). The second-order valence-corrected chi connectivity index (χ2v) is 12.7. The van der Waals surface area contributed by atoms with E-state index in [1.54, 1.807) is 18.9 Å². The lowest BCUT2D eigenvalue weighted by Gasteiger charge is -2.35. The molecule has 1 saturated carbocycles. The Kier molecular flexibility index (Phi) is 10.7. The number of rotatable bonds is 10. The Hall–Kier alpha value is -3.72. The van der Waals surface area contributed by atoms with E-state index in [9.17, 15) is 19.2 Å². The number of aryl methyl sites for hydroxylation is 1. The molecule has 4 amide bonds. The molecule has 1 aliphatic heterocycles. The summed E-state index contributed by atoms with van der Waals surface area (Å²) in [5.41, 5.74) is 3.28. The summed E-state index contributed by atoms with van der Waals surface area (Å²) in [6.07, 6.45) is 8.19. The maximum atomic E-state index is 14.4. The SMILES string of the molecule is CN[C@@H](C)C(=O)N[C@@H](C(=O)N1C[C@@H](NC(=O)Cc2ccccc2)C[C@H]1C(=O)N[C@@H]1CCCc2ccccc21)C1CCCCC1. The second-order valence-electron chi connectivity index (χ2n) is 12.7. The minimum atomic E-state index is -0.747. The van der Waals surface area contributed by atoms with Crippen LogP contribution in [0.25, 0.3) is 0 Å². The first-order valence-corrected chi connectivity index (χ1v) is 16.3. The third-order valence-corrected chi connectivity index (χ3v) is 9.66. The highest BCUT2D eigenvalue weighted by atomic mass is 16.2. The predicted octanol–water partition coefficient (Wildman–Crippen LogP) is 3.18. The molecule has 9 nitrogen and oxygen atoms in total. The number of hydrogen-bond donors (Lipinski definition) is 4. The highest BCUT2D eigenvalue weighted by Crippen LogP contribution is 2.32. The molecule has 9 heteroatoms. The first-order valence-electron chi connectivity index (χ1n) is 16.3. The summed E-state index contributed by atoms with van der Waals surface area (Å²) < 4.78 is 0. The lowest BCUT2D eigenvalue weighted by molar-refractivity contribution is -0.143. The van der Waals surface area contributed by atoms with E-state index < -0.39 is 18.1 Å². The zero-order chi connectivity index (χ0) is 31.1. The quantitative estimate of drug-likeness (QED) is 0.334. The van der Waals surface area contributed by atoms with Crippen LogP contribution < -0.4 is 21.3 Å². The Morgan fingerprint density at radius 3 is 2.36 bits per heavy atom. The summed E-state index contributed by atoms with van der Waals surface area (Å²) in [6, 6.07) is 15.3. The molecule has 2 aromatic carbocycles. The van der Waals surface area contributed by atoms with Crippen molar-refractivity contribution >= 4 is 23.6 Å². The van der Waals surface area contributed by atoms with Crippen LogP contribution in [0.15, 0.2) is 54.6 Å². The molecule has 2 fully saturated rings. The molecule has 4 N–H and O–H groups in total. The highest BCUT2D eigenvalue weighted by molar-refractivity contribution is 5.94. The Balaban J connectivity index is 1.37. The van der Waals surface area contributed by atoms with Gasteiger partial charge in [0.25, 0.3) is 0 Å². The van der Waals surface area contributed by atoms with E-state index >= 15 is 0 Å². The number of nitrogens with zero attached hydrogens (tertiary/aromatic N) is 1. The summed E-state index contributed by atoms with van der Waals surface area (Å²) in [4.78, 5) is 56.1. The zero-order valence-electron chi connectivity index (χ0n) is 26.0. The first-order chi connectivity index (χ1) is 21.3. The summed E-state index contributed by atoms with van der Waals surface area (Å²) in [7, 11) is 1.72. The molecule has 0 unspecified atom stereocenters. The smallest absolute Gasteiger partial charge is 0.246 e. The van der Waals surface area contributed by atoms with Crippen LogP contribution in [-0.4, -0.2) is 66.3 Å². The first kappa shape index (κ1) is 31.7. The summed E-state index contributed by atoms with van der Waals surface area (Å²) in [5, 5.41) is 12.4. The van der Waals surface area contributed by atoms with Gasteiger partial charge in [0, 0.05) is 12.6 Å². The topological polar surface area (TPSA) is 120 Å². The zero-order valence-corrected chi connectivity index (χ0v) is 26.0. The molecule has 3 aliphatic rings. The monoisotopic (exact) mass is 601 g/mol. The summed E-state index contributed by atoms with van der Waals surface area (Å²) in [5.74, 6) is -0.821. The van der Waals surface area contributed by atoms with E-state index in [1.165, 1.54) is 5.56 Å². The second kappa shape index (κ2) is 14.8. The fourth-order valence-electron chi connectivity index (χ4n) is 7.10. The molecule has 44 heavy (non-hydrogen) atoms. The standard InChI is InChI=1S/C35H47N5O4/c1-23(36-2)33(42)39-32(26-15-7-4-8-16-26)35(44)40-22-27(37-31(41)20-24-12-5-3-6-13-24)21-30(40)34(43)38-29-19-11-17-25-14-9-10-18-28(25)29/h3,5-6,9-10,12-14,18,23,26-27,29-30,32,36H,4,7-8,11,15-17,19-22H2,1-2H3,(H,37,41)(H,38,43)(H,39,42)/t23-,27-,29+,30-,32+/m0/s1. The Labute approximate surface area is 260 Å². The molecule has 1 heterocycles. The fraction of sp³-hybridized carbons (Fsp3) is 0.543. The Bertz CT molecular complexity index is 1310. The van der Waals surface area contributed by atoms with Crippen molar-refractivity contribution < 1.29 is 19.2 Å². The number of fused-ring (bicyclic) bond motifs is 1. The molecule has 0 aromatic heterocycles. The van der Waals surface area contributed by atoms with Gasteiger partial charge in [-0.25, -0.2) is 0 Å². The van der Waals surface area contributed by atoms with Crippen molar-refractivity contribution in [3.05, 3.63) is 71.3 Å². The summed E-state index contributed by atoms with van der Waals surface area (Å²) in [6.45, 7) is 1.99. The number of likely N-dealkylation sites (tertiary alicyclic amines) is 1. The minimum absolute atomic E-state index is 0.00455. The number of carbonyl (C=O) groups excluding carboxylic acids is 4. The van der Waals surface area contributed by atoms with Crippen LogP contribution in [0.1, 0.15) is 81.0 Å². The van der Waals surface area contributed by atoms with E-state index in [0.29, 0.717) is 6.42 Å². The van der Waals surface area contributed by atoms with Crippen LogP contribution in [0.2, 0.25) is 0 Å². The third-order valence-electron chi connectivity index (χ3n) is 9.66. The number of likely N-dealkylation sites (N-methyl/N-ethyl adjacent to an activating group) is 1. The molecule has 2 aromatic rings. The molecular weight excluding hydrogens is 554 g/mol. The van der Waals surface area contributed by atoms with Gasteiger partial charge in [-0.1, -0.05) is 73.9 Å². The molecule has 0 spiro atoms. The lowest BCUT2D eigenvalue weighted by Crippen LogP contribution is -2.58. The summed E-state index contributed by atoms with van der Waals surface area (Å²) >= 11 is 0. The van der Waals surface area contributed by atoms with Gasteiger partial charge in [-0.2, -0.15) is 0 Å². The fourth-order valence-corrected chi connectivity index (χ4v) is 7.10. The average molecular weight is 602 g/mol. The van der Waals surface area contributed by atoms with Crippen molar-refractivity contribution in [3.8, 4) is 0 Å². The van der Waals surface area contributed by atoms with E-state index in [0.717, 1.165) is 62.5 Å². The van der Waals surface area contributed by atoms with Crippen molar-refractivity contribution in [2.45, 2.75) is 101 Å². The van der Waals surface area contributed by atoms with E-state index in [1.807, 2.05) is 42.5 Å². The lowest BCUT2D eigenvalue weighted by atomic mass is 9.83. The van der Waals surface area contributed by atoms with Gasteiger partial charge in [0.15, 0.2) is 0 Å². The van der Waals surface area contributed by atoms with Crippen molar-refractivity contribution in [1.29, 1.82) is 0 Å². The van der Waals surface area contributed by atoms with Gasteiger partial charge in [-0.3, -0.25) is 19.2 Å². The van der Waals surface area contributed by atoms with Crippen LogP contribution in [0.5, 0.6) is 0 Å². The molecule has 5 atom stereocenters. The normalized spacial score (nSPS) is 23.2. The van der Waals surface area contributed by atoms with Crippen molar-refractivity contribution in [3.63, 3.8) is 0 Å². The van der Waals surface area contributed by atoms with Gasteiger partial charge in [0.2, 0.25) is 23.6 Å². The molecule has 1 saturated heterocycles. The van der Waals surface area contributed by atoms with Crippen LogP contribution in [0, 0.1) is 5.92 Å². The van der Waals surface area contributed by atoms with Crippen molar-refractivity contribution in [2.75, 3.05) is 13.6 Å². The van der Waals surface area contributed by atoms with Crippen LogP contribution in [0.3, 0.4) is 0 Å². The Morgan fingerprint density at radius 2 is 1.61 bits per heavy atom. The van der Waals surface area contributed by atoms with Crippen molar-refractivity contribution in [1.82, 2.24) is 26.2 Å². The number of amides is 4. The average Bonchev–Trinajstić information content (AvgIpc) is 3.47. The number of hydrogen-bond acceptors (Lipinski definition) is 5. The van der Waals surface area contributed by atoms with Gasteiger partial charge in [-0.05, 0) is 75.1 Å². The molecular formula is C35H47N5O4. The van der Waals surface area contributed by atoms with E-state index in [2.05, 4.69) is 33.4 Å². The van der Waals surface area contributed by atoms with Gasteiger partial charge in [-0.15, -0.1) is 0 Å². The Morgan fingerprint density at radius 1 is 0.886 bits per heavy atom. The van der Waals surface area contributed by atoms with Crippen LogP contribution in [-0.2, 0) is 32.0 Å². The third kappa shape index (κ3) is 7.67. The van der Waals surface area contributed by atoms with Gasteiger partial charge in [0.1, 0.15) is 12.1 Å². The molecule has 0 bridgehead atoms. The molecule has 0 radical (unpaired) electrons. The van der Waals surface area contributed by atoms with Crippen LogP contribution in [0.4, 0.5) is 0 Å². The van der Waals surface area contributed by atoms with Crippen LogP contribution >= 0.6 is 0 Å². The van der Waals surface area contributed by atoms with Gasteiger partial charge in [0.05, 0.1) is 18.5 Å². The van der Waals surface area contributed by atoms with E-state index in [-0.39, 0.29) is 54.6 Å². The van der Waals surface area contributed by atoms with Gasteiger partial charge >= 0.3 is 0 Å². The number of carbonyl (C=O) groups is 4. The minimum Gasteiger partial charge on any atom is -0.351 e.